The minimum atomic E-state index is -0.506. The summed E-state index contributed by atoms with van der Waals surface area (Å²) in [5.41, 5.74) is 2.02. The molecule has 0 aliphatic carbocycles. The van der Waals surface area contributed by atoms with E-state index in [1.165, 1.54) is 18.2 Å². The van der Waals surface area contributed by atoms with Crippen LogP contribution in [0.2, 0.25) is 0 Å². The molecule has 0 radical (unpaired) electrons. The Balaban J connectivity index is 1.47. The molecule has 0 fully saturated rings. The van der Waals surface area contributed by atoms with Gasteiger partial charge in [0.15, 0.2) is 6.79 Å². The normalized spacial score (nSPS) is 13.4. The Morgan fingerprint density at radius 1 is 1.15 bits per heavy atom. The zero-order chi connectivity index (χ0) is 18.6. The first-order valence-corrected chi connectivity index (χ1v) is 8.55. The van der Waals surface area contributed by atoms with E-state index < -0.39 is 11.8 Å². The number of rotatable bonds is 4. The van der Waals surface area contributed by atoms with Crippen LogP contribution in [0, 0.1) is 5.82 Å². The molecule has 3 aromatic rings. The first-order chi connectivity index (χ1) is 13.2. The molecule has 0 N–H and O–H groups in total. The third kappa shape index (κ3) is 3.83. The van der Waals surface area contributed by atoms with Gasteiger partial charge < -0.3 is 14.2 Å². The number of fused-ring (bicyclic) bond motifs is 2. The minimum absolute atomic E-state index is 0.0706. The zero-order valence-corrected chi connectivity index (χ0v) is 14.5. The molecule has 0 aromatic heterocycles. The topological polar surface area (TPSA) is 44.8 Å². The van der Waals surface area contributed by atoms with Crippen LogP contribution in [0.4, 0.5) is 4.39 Å². The molecule has 136 valence electrons. The van der Waals surface area contributed by atoms with Crippen molar-refractivity contribution in [3.63, 3.8) is 0 Å². The fourth-order valence-corrected chi connectivity index (χ4v) is 3.11. The Bertz CT molecular complexity index is 1020. The summed E-state index contributed by atoms with van der Waals surface area (Å²) in [5.74, 6) is -0.401. The van der Waals surface area contributed by atoms with E-state index in [0.717, 1.165) is 16.3 Å². The number of esters is 1. The molecular formula is C22H17FO4. The monoisotopic (exact) mass is 364 g/mol. The molecule has 0 saturated heterocycles. The van der Waals surface area contributed by atoms with Crippen molar-refractivity contribution >= 4 is 22.8 Å². The van der Waals surface area contributed by atoms with Crippen LogP contribution in [0.3, 0.4) is 0 Å². The van der Waals surface area contributed by atoms with Crippen molar-refractivity contribution in [2.24, 2.45) is 0 Å². The van der Waals surface area contributed by atoms with E-state index >= 15 is 0 Å². The number of benzene rings is 3. The quantitative estimate of drug-likeness (QED) is 0.501. The van der Waals surface area contributed by atoms with Crippen LogP contribution >= 0.6 is 0 Å². The van der Waals surface area contributed by atoms with Crippen LogP contribution < -0.4 is 4.74 Å². The molecule has 0 amide bonds. The van der Waals surface area contributed by atoms with Gasteiger partial charge >= 0.3 is 5.97 Å². The standard InChI is InChI=1S/C22H17FO4/c23-19-10-17-12-25-14-27-22(17)18(11-19)13-26-21(24)9-8-16-6-3-5-15-4-1-2-7-20(15)16/h1-11H,12-14H2. The Hall–Kier alpha value is -3.18. The fraction of sp³-hybridized carbons (Fsp3) is 0.136. The molecule has 0 saturated carbocycles. The molecule has 3 aromatic carbocycles. The van der Waals surface area contributed by atoms with Gasteiger partial charge in [-0.1, -0.05) is 42.5 Å². The lowest BCUT2D eigenvalue weighted by Gasteiger charge is -2.20. The average Bonchev–Trinajstić information content (AvgIpc) is 2.70. The molecule has 5 heteroatoms. The van der Waals surface area contributed by atoms with Crippen molar-refractivity contribution in [2.45, 2.75) is 13.2 Å². The smallest absolute Gasteiger partial charge is 0.331 e. The minimum Gasteiger partial charge on any atom is -0.467 e. The lowest BCUT2D eigenvalue weighted by Crippen LogP contribution is -2.14. The maximum Gasteiger partial charge on any atom is 0.331 e. The van der Waals surface area contributed by atoms with E-state index in [0.29, 0.717) is 16.9 Å². The number of carbonyl (C=O) groups is 1. The molecule has 27 heavy (non-hydrogen) atoms. The molecule has 1 heterocycles. The number of hydrogen-bond acceptors (Lipinski definition) is 4. The van der Waals surface area contributed by atoms with Gasteiger partial charge in [-0.2, -0.15) is 0 Å². The molecule has 4 rings (SSSR count). The summed E-state index contributed by atoms with van der Waals surface area (Å²) in [7, 11) is 0. The van der Waals surface area contributed by atoms with Crippen molar-refractivity contribution in [1.82, 2.24) is 0 Å². The first-order valence-electron chi connectivity index (χ1n) is 8.55. The number of halogens is 1. The van der Waals surface area contributed by atoms with E-state index in [1.54, 1.807) is 6.08 Å². The number of carbonyl (C=O) groups excluding carboxylic acids is 1. The van der Waals surface area contributed by atoms with E-state index in [4.69, 9.17) is 14.2 Å². The Kier molecular flexibility index (Phi) is 4.85. The summed E-state index contributed by atoms with van der Waals surface area (Å²) in [5, 5.41) is 2.15. The van der Waals surface area contributed by atoms with Gasteiger partial charge in [-0.25, -0.2) is 9.18 Å². The summed E-state index contributed by atoms with van der Waals surface area (Å²) in [6.45, 7) is 0.300. The van der Waals surface area contributed by atoms with Gasteiger partial charge in [0, 0.05) is 17.2 Å². The van der Waals surface area contributed by atoms with Crippen molar-refractivity contribution in [3.8, 4) is 5.75 Å². The van der Waals surface area contributed by atoms with Gasteiger partial charge in [-0.3, -0.25) is 0 Å². The van der Waals surface area contributed by atoms with Crippen molar-refractivity contribution in [1.29, 1.82) is 0 Å². The third-order valence-electron chi connectivity index (χ3n) is 4.34. The van der Waals surface area contributed by atoms with E-state index in [2.05, 4.69) is 0 Å². The van der Waals surface area contributed by atoms with Gasteiger partial charge in [0.25, 0.3) is 0 Å². The SMILES string of the molecule is O=C(C=Cc1cccc2ccccc12)OCc1cc(F)cc2c1OCOC2. The second-order valence-electron chi connectivity index (χ2n) is 6.17. The first kappa shape index (κ1) is 17.2. The lowest BCUT2D eigenvalue weighted by atomic mass is 10.0. The van der Waals surface area contributed by atoms with E-state index in [9.17, 15) is 9.18 Å². The van der Waals surface area contributed by atoms with E-state index in [1.807, 2.05) is 42.5 Å². The fourth-order valence-electron chi connectivity index (χ4n) is 3.11. The second kappa shape index (κ2) is 7.60. The summed E-state index contributed by atoms with van der Waals surface area (Å²) >= 11 is 0. The van der Waals surface area contributed by atoms with Crippen molar-refractivity contribution in [3.05, 3.63) is 83.2 Å². The molecule has 1 aliphatic rings. The van der Waals surface area contributed by atoms with Crippen LogP contribution in [0.25, 0.3) is 16.8 Å². The molecule has 0 bridgehead atoms. The average molecular weight is 364 g/mol. The highest BCUT2D eigenvalue weighted by Crippen LogP contribution is 2.30. The van der Waals surface area contributed by atoms with Crippen molar-refractivity contribution in [2.75, 3.05) is 6.79 Å². The highest BCUT2D eigenvalue weighted by molar-refractivity contribution is 5.94. The maximum atomic E-state index is 13.7. The largest absolute Gasteiger partial charge is 0.467 e. The van der Waals surface area contributed by atoms with Crippen LogP contribution in [0.5, 0.6) is 5.75 Å². The van der Waals surface area contributed by atoms with Crippen LogP contribution in [0.1, 0.15) is 16.7 Å². The summed E-state index contributed by atoms with van der Waals surface area (Å²) in [6.07, 6.45) is 3.09. The van der Waals surface area contributed by atoms with Gasteiger partial charge in [0.2, 0.25) is 0 Å². The molecule has 0 spiro atoms. The van der Waals surface area contributed by atoms with Gasteiger partial charge in [0.1, 0.15) is 18.2 Å². The second-order valence-corrected chi connectivity index (χ2v) is 6.17. The van der Waals surface area contributed by atoms with Crippen LogP contribution in [-0.2, 0) is 27.5 Å². The number of hydrogen-bond donors (Lipinski definition) is 0. The molecular weight excluding hydrogens is 347 g/mol. The lowest BCUT2D eigenvalue weighted by molar-refractivity contribution is -0.139. The Morgan fingerprint density at radius 3 is 2.93 bits per heavy atom. The van der Waals surface area contributed by atoms with Crippen molar-refractivity contribution < 1.29 is 23.4 Å². The Labute approximate surface area is 155 Å². The van der Waals surface area contributed by atoms with Gasteiger partial charge in [-0.05, 0) is 34.5 Å². The third-order valence-corrected chi connectivity index (χ3v) is 4.34. The predicted molar refractivity (Wildman–Crippen MR) is 99.5 cm³/mol. The highest BCUT2D eigenvalue weighted by atomic mass is 19.1. The van der Waals surface area contributed by atoms with Crippen LogP contribution in [0.15, 0.2) is 60.7 Å². The summed E-state index contributed by atoms with van der Waals surface area (Å²) in [4.78, 5) is 12.1. The maximum absolute atomic E-state index is 13.7. The van der Waals surface area contributed by atoms with E-state index in [-0.39, 0.29) is 20.0 Å². The van der Waals surface area contributed by atoms with Gasteiger partial charge in [0.05, 0.1) is 6.61 Å². The number of ether oxygens (including phenoxy) is 3. The molecule has 1 aliphatic heterocycles. The summed E-state index contributed by atoms with van der Waals surface area (Å²) in [6, 6.07) is 16.5. The molecule has 4 nitrogen and oxygen atoms in total. The molecule has 0 unspecified atom stereocenters. The summed E-state index contributed by atoms with van der Waals surface area (Å²) < 4.78 is 29.6. The zero-order valence-electron chi connectivity index (χ0n) is 14.5. The Morgan fingerprint density at radius 2 is 2.00 bits per heavy atom. The van der Waals surface area contributed by atoms with Gasteiger partial charge in [-0.15, -0.1) is 0 Å². The highest BCUT2D eigenvalue weighted by Gasteiger charge is 2.17. The predicted octanol–water partition coefficient (Wildman–Crippen LogP) is 4.60. The van der Waals surface area contributed by atoms with Crippen LogP contribution in [-0.4, -0.2) is 12.8 Å². The molecule has 0 atom stereocenters.